The summed E-state index contributed by atoms with van der Waals surface area (Å²) in [6.45, 7) is 0. The average Bonchev–Trinajstić information content (AvgIpc) is 3.27. The van der Waals surface area contributed by atoms with Gasteiger partial charge in [0.25, 0.3) is 17.7 Å². The van der Waals surface area contributed by atoms with E-state index in [-0.39, 0.29) is 18.1 Å². The standard InChI is InChI=1S/C20H22N6O3/c1-28-19-20(22-12-11-21-19)29-16-9-7-14(8-10-16)24-18(27)17-13-23-26(25-17)15-5-3-2-4-6-15/h2-6,11-14,16H,7-10H2,1H3,(H,24,27). The van der Waals surface area contributed by atoms with Crippen LogP contribution in [0.25, 0.3) is 5.69 Å². The van der Waals surface area contributed by atoms with E-state index in [1.54, 1.807) is 12.4 Å². The molecule has 1 aliphatic carbocycles. The van der Waals surface area contributed by atoms with Gasteiger partial charge in [-0.25, -0.2) is 9.97 Å². The Bertz CT molecular complexity index is 954. The SMILES string of the molecule is COc1nccnc1OC1CCC(NC(=O)c2cnn(-c3ccccc3)n2)CC1. The van der Waals surface area contributed by atoms with E-state index >= 15 is 0 Å². The smallest absolute Gasteiger partial charge is 0.278 e. The highest BCUT2D eigenvalue weighted by atomic mass is 16.5. The van der Waals surface area contributed by atoms with Crippen molar-refractivity contribution in [3.8, 4) is 17.4 Å². The van der Waals surface area contributed by atoms with Gasteiger partial charge in [0.15, 0.2) is 5.69 Å². The first-order valence-corrected chi connectivity index (χ1v) is 9.53. The van der Waals surface area contributed by atoms with Crippen molar-refractivity contribution in [1.29, 1.82) is 0 Å². The summed E-state index contributed by atoms with van der Waals surface area (Å²) in [7, 11) is 1.54. The van der Waals surface area contributed by atoms with Crippen LogP contribution in [0.15, 0.2) is 48.9 Å². The number of benzene rings is 1. The first kappa shape index (κ1) is 18.9. The minimum Gasteiger partial charge on any atom is -0.477 e. The van der Waals surface area contributed by atoms with Gasteiger partial charge in [0.1, 0.15) is 6.10 Å². The van der Waals surface area contributed by atoms with Gasteiger partial charge in [-0.3, -0.25) is 4.79 Å². The van der Waals surface area contributed by atoms with E-state index in [1.165, 1.54) is 18.1 Å². The van der Waals surface area contributed by atoms with Crippen LogP contribution in [-0.2, 0) is 0 Å². The van der Waals surface area contributed by atoms with Crippen LogP contribution in [-0.4, -0.2) is 50.1 Å². The monoisotopic (exact) mass is 394 g/mol. The Morgan fingerprint density at radius 1 is 1.07 bits per heavy atom. The summed E-state index contributed by atoms with van der Waals surface area (Å²) in [5, 5.41) is 11.5. The number of rotatable bonds is 6. The third-order valence-corrected chi connectivity index (χ3v) is 4.83. The number of aromatic nitrogens is 5. The van der Waals surface area contributed by atoms with Crippen LogP contribution in [0.1, 0.15) is 36.2 Å². The molecule has 1 aromatic carbocycles. The molecule has 0 bridgehead atoms. The molecular formula is C20H22N6O3. The van der Waals surface area contributed by atoms with Gasteiger partial charge in [0.2, 0.25) is 0 Å². The van der Waals surface area contributed by atoms with Crippen molar-refractivity contribution >= 4 is 5.91 Å². The molecule has 0 atom stereocenters. The number of para-hydroxylation sites is 1. The third-order valence-electron chi connectivity index (χ3n) is 4.83. The summed E-state index contributed by atoms with van der Waals surface area (Å²) in [6.07, 6.45) is 7.88. The molecule has 1 aliphatic rings. The Morgan fingerprint density at radius 3 is 2.52 bits per heavy atom. The Kier molecular flexibility index (Phi) is 5.64. The quantitative estimate of drug-likeness (QED) is 0.683. The molecule has 4 rings (SSSR count). The molecule has 3 aromatic rings. The van der Waals surface area contributed by atoms with E-state index < -0.39 is 0 Å². The molecule has 29 heavy (non-hydrogen) atoms. The highest BCUT2D eigenvalue weighted by Crippen LogP contribution is 2.27. The molecule has 1 fully saturated rings. The zero-order chi connectivity index (χ0) is 20.1. The zero-order valence-electron chi connectivity index (χ0n) is 16.1. The molecule has 0 aliphatic heterocycles. The van der Waals surface area contributed by atoms with Crippen LogP contribution in [0.5, 0.6) is 11.8 Å². The number of hydrogen-bond acceptors (Lipinski definition) is 7. The van der Waals surface area contributed by atoms with Gasteiger partial charge >= 0.3 is 0 Å². The average molecular weight is 394 g/mol. The number of ether oxygens (including phenoxy) is 2. The number of nitrogens with one attached hydrogen (secondary N) is 1. The summed E-state index contributed by atoms with van der Waals surface area (Å²) < 4.78 is 11.1. The van der Waals surface area contributed by atoms with Crippen LogP contribution >= 0.6 is 0 Å². The maximum absolute atomic E-state index is 12.5. The molecule has 1 saturated carbocycles. The van der Waals surface area contributed by atoms with E-state index in [1.807, 2.05) is 30.3 Å². The molecule has 150 valence electrons. The van der Waals surface area contributed by atoms with Gasteiger partial charge < -0.3 is 14.8 Å². The normalized spacial score (nSPS) is 18.8. The lowest BCUT2D eigenvalue weighted by Crippen LogP contribution is -2.40. The molecule has 1 amide bonds. The summed E-state index contributed by atoms with van der Waals surface area (Å²) >= 11 is 0. The number of nitrogens with zero attached hydrogens (tertiary/aromatic N) is 5. The highest BCUT2D eigenvalue weighted by molar-refractivity contribution is 5.92. The molecule has 0 saturated heterocycles. The van der Waals surface area contributed by atoms with Crippen LogP contribution < -0.4 is 14.8 Å². The lowest BCUT2D eigenvalue weighted by atomic mass is 9.93. The summed E-state index contributed by atoms with van der Waals surface area (Å²) in [6, 6.07) is 9.56. The number of carbonyl (C=O) groups is 1. The second-order valence-electron chi connectivity index (χ2n) is 6.79. The van der Waals surface area contributed by atoms with Crippen molar-refractivity contribution in [2.24, 2.45) is 0 Å². The van der Waals surface area contributed by atoms with Crippen molar-refractivity contribution in [1.82, 2.24) is 30.3 Å². The van der Waals surface area contributed by atoms with Gasteiger partial charge in [-0.1, -0.05) is 18.2 Å². The largest absolute Gasteiger partial charge is 0.477 e. The number of amides is 1. The molecule has 2 aromatic heterocycles. The summed E-state index contributed by atoms with van der Waals surface area (Å²) in [5.41, 5.74) is 1.11. The predicted molar refractivity (Wildman–Crippen MR) is 104 cm³/mol. The fourth-order valence-corrected chi connectivity index (χ4v) is 3.33. The van der Waals surface area contributed by atoms with E-state index in [4.69, 9.17) is 9.47 Å². The molecule has 1 N–H and O–H groups in total. The predicted octanol–water partition coefficient (Wildman–Crippen LogP) is 2.19. The van der Waals surface area contributed by atoms with Crippen LogP contribution in [0.4, 0.5) is 0 Å². The molecular weight excluding hydrogens is 372 g/mol. The molecule has 0 spiro atoms. The fourth-order valence-electron chi connectivity index (χ4n) is 3.33. The van der Waals surface area contributed by atoms with Gasteiger partial charge in [0.05, 0.1) is 19.0 Å². The minimum absolute atomic E-state index is 0.0210. The lowest BCUT2D eigenvalue weighted by Gasteiger charge is -2.29. The zero-order valence-corrected chi connectivity index (χ0v) is 16.1. The van der Waals surface area contributed by atoms with Gasteiger partial charge in [-0.15, -0.1) is 5.10 Å². The van der Waals surface area contributed by atoms with Crippen molar-refractivity contribution < 1.29 is 14.3 Å². The Hall–Kier alpha value is -3.49. The van der Waals surface area contributed by atoms with E-state index in [2.05, 4.69) is 25.5 Å². The lowest BCUT2D eigenvalue weighted by molar-refractivity contribution is 0.0881. The first-order chi connectivity index (χ1) is 14.2. The second kappa shape index (κ2) is 8.68. The first-order valence-electron chi connectivity index (χ1n) is 9.53. The maximum Gasteiger partial charge on any atom is 0.278 e. The van der Waals surface area contributed by atoms with Crippen LogP contribution in [0, 0.1) is 0 Å². The van der Waals surface area contributed by atoms with E-state index in [0.717, 1.165) is 31.4 Å². The van der Waals surface area contributed by atoms with Crippen molar-refractivity contribution in [3.63, 3.8) is 0 Å². The van der Waals surface area contributed by atoms with Crippen molar-refractivity contribution in [3.05, 3.63) is 54.6 Å². The summed E-state index contributed by atoms with van der Waals surface area (Å²) in [4.78, 5) is 22.2. The van der Waals surface area contributed by atoms with E-state index in [0.29, 0.717) is 17.5 Å². The molecule has 9 nitrogen and oxygen atoms in total. The molecule has 0 unspecified atom stereocenters. The third kappa shape index (κ3) is 4.50. The van der Waals surface area contributed by atoms with Crippen LogP contribution in [0.3, 0.4) is 0 Å². The minimum atomic E-state index is -0.216. The highest BCUT2D eigenvalue weighted by Gasteiger charge is 2.26. The Balaban J connectivity index is 1.29. The maximum atomic E-state index is 12.5. The summed E-state index contributed by atoms with van der Waals surface area (Å²) in [5.74, 6) is 0.566. The fraction of sp³-hybridized carbons (Fsp3) is 0.350. The Labute approximate surface area is 168 Å². The van der Waals surface area contributed by atoms with E-state index in [9.17, 15) is 4.79 Å². The van der Waals surface area contributed by atoms with Gasteiger partial charge in [0, 0.05) is 18.4 Å². The number of methoxy groups -OCH3 is 1. The topological polar surface area (TPSA) is 104 Å². The van der Waals surface area contributed by atoms with Crippen molar-refractivity contribution in [2.45, 2.75) is 37.8 Å². The number of carbonyl (C=O) groups excluding carboxylic acids is 1. The van der Waals surface area contributed by atoms with Crippen molar-refractivity contribution in [2.75, 3.05) is 7.11 Å². The molecule has 9 heteroatoms. The molecule has 2 heterocycles. The van der Waals surface area contributed by atoms with Gasteiger partial charge in [-0.05, 0) is 37.8 Å². The number of hydrogen-bond donors (Lipinski definition) is 1. The molecule has 0 radical (unpaired) electrons. The second-order valence-corrected chi connectivity index (χ2v) is 6.79. The van der Waals surface area contributed by atoms with Gasteiger partial charge in [-0.2, -0.15) is 9.90 Å². The Morgan fingerprint density at radius 2 is 1.79 bits per heavy atom. The van der Waals surface area contributed by atoms with Crippen LogP contribution in [0.2, 0.25) is 0 Å².